The Morgan fingerprint density at radius 2 is 1.82 bits per heavy atom. The summed E-state index contributed by atoms with van der Waals surface area (Å²) in [5.41, 5.74) is 2.29. The van der Waals surface area contributed by atoms with Crippen LogP contribution in [0.15, 0.2) is 47.0 Å². The number of hydrogen-bond acceptors (Lipinski definition) is 6. The monoisotopic (exact) mass is 527 g/mol. The molecule has 1 atom stereocenters. The lowest BCUT2D eigenvalue weighted by molar-refractivity contribution is -0.135. The minimum absolute atomic E-state index is 0.123. The summed E-state index contributed by atoms with van der Waals surface area (Å²) in [6.45, 7) is 11.7. The van der Waals surface area contributed by atoms with Gasteiger partial charge in [-0.2, -0.15) is 4.98 Å². The van der Waals surface area contributed by atoms with Gasteiger partial charge in [0.05, 0.1) is 0 Å². The highest BCUT2D eigenvalue weighted by Crippen LogP contribution is 2.35. The van der Waals surface area contributed by atoms with E-state index in [0.717, 1.165) is 91.8 Å². The lowest BCUT2D eigenvalue weighted by Crippen LogP contribution is -2.39. The molecule has 1 fully saturated rings. The molecule has 1 saturated heterocycles. The van der Waals surface area contributed by atoms with Crippen molar-refractivity contribution in [3.05, 3.63) is 48.3 Å². The highest BCUT2D eigenvalue weighted by Gasteiger charge is 2.28. The molecule has 5 rings (SSSR count). The Hall–Kier alpha value is -3.48. The van der Waals surface area contributed by atoms with Crippen LogP contribution in [0.25, 0.3) is 33.1 Å². The van der Waals surface area contributed by atoms with Crippen molar-refractivity contribution in [1.82, 2.24) is 20.0 Å². The van der Waals surface area contributed by atoms with E-state index in [0.29, 0.717) is 24.1 Å². The Morgan fingerprint density at radius 1 is 1.00 bits per heavy atom. The Labute approximate surface area is 231 Å². The van der Waals surface area contributed by atoms with Gasteiger partial charge in [-0.05, 0) is 42.0 Å². The van der Waals surface area contributed by atoms with Crippen molar-refractivity contribution >= 4 is 33.6 Å². The lowest BCUT2D eigenvalue weighted by Gasteiger charge is -2.26. The molecule has 0 spiro atoms. The minimum Gasteiger partial charge on any atom is -0.354 e. The van der Waals surface area contributed by atoms with Gasteiger partial charge in [-0.1, -0.05) is 82.1 Å². The fraction of sp³-hybridized carbons (Fsp3) is 0.500. The first-order valence-electron chi connectivity index (χ1n) is 14.7. The Bertz CT molecular complexity index is 1430. The fourth-order valence-electron chi connectivity index (χ4n) is 5.66. The predicted octanol–water partition coefficient (Wildman–Crippen LogP) is 6.89. The average molecular weight is 528 g/mol. The van der Waals surface area contributed by atoms with Crippen LogP contribution >= 0.6 is 0 Å². The molecule has 3 heterocycles. The molecule has 0 bridgehead atoms. The third kappa shape index (κ3) is 5.92. The lowest BCUT2D eigenvalue weighted by atomic mass is 9.97. The van der Waals surface area contributed by atoms with E-state index in [4.69, 9.17) is 14.5 Å². The Morgan fingerprint density at radius 3 is 2.59 bits per heavy atom. The first-order valence-corrected chi connectivity index (χ1v) is 14.7. The first kappa shape index (κ1) is 27.1. The molecule has 0 saturated carbocycles. The molecule has 4 aromatic rings. The van der Waals surface area contributed by atoms with Crippen LogP contribution in [0.1, 0.15) is 65.6 Å². The van der Waals surface area contributed by atoms with Gasteiger partial charge in [-0.25, -0.2) is 4.98 Å². The highest BCUT2D eigenvalue weighted by atomic mass is 16.5. The number of hydrogen-bond donors (Lipinski definition) is 0. The van der Waals surface area contributed by atoms with Gasteiger partial charge in [-0.3, -0.25) is 4.79 Å². The molecule has 0 unspecified atom stereocenters. The molecule has 2 aromatic heterocycles. The molecule has 0 aliphatic carbocycles. The Kier molecular flexibility index (Phi) is 8.44. The quantitative estimate of drug-likeness (QED) is 0.236. The number of aromatic nitrogens is 3. The van der Waals surface area contributed by atoms with E-state index in [2.05, 4.69) is 85.1 Å². The van der Waals surface area contributed by atoms with Crippen molar-refractivity contribution in [3.63, 3.8) is 0 Å². The van der Waals surface area contributed by atoms with E-state index in [1.807, 2.05) is 0 Å². The zero-order chi connectivity index (χ0) is 27.4. The van der Waals surface area contributed by atoms with E-state index in [1.165, 1.54) is 5.39 Å². The van der Waals surface area contributed by atoms with Crippen LogP contribution in [-0.2, 0) is 11.2 Å². The van der Waals surface area contributed by atoms with Crippen molar-refractivity contribution in [2.45, 2.75) is 66.2 Å². The number of rotatable bonds is 9. The molecule has 1 aliphatic heterocycles. The standard InChI is InChI=1S/C32H41N5O2/c1-5-7-11-23(6-2)32(38)37-17-10-16-36(18-19-37)30-28-29(26-15-14-24-12-8-9-13-25(24)21-26)35-39-31(28)34-27(33-30)20-22(3)4/h8-9,12-15,21-23H,5-7,10-11,16-20H2,1-4H3/t23-/m1/s1. The van der Waals surface area contributed by atoms with Crippen LogP contribution < -0.4 is 4.90 Å². The van der Waals surface area contributed by atoms with Gasteiger partial charge in [-0.15, -0.1) is 0 Å². The Balaban J connectivity index is 1.50. The molecule has 1 amide bonds. The number of amides is 1. The molecule has 1 aliphatic rings. The van der Waals surface area contributed by atoms with Crippen LogP contribution in [0.2, 0.25) is 0 Å². The summed E-state index contributed by atoms with van der Waals surface area (Å²) in [5.74, 6) is 2.49. The number of unbranched alkanes of at least 4 members (excludes halogenated alkanes) is 1. The van der Waals surface area contributed by atoms with Crippen LogP contribution in [0.4, 0.5) is 5.82 Å². The molecular formula is C32H41N5O2. The van der Waals surface area contributed by atoms with Gasteiger partial charge in [0.1, 0.15) is 22.7 Å². The van der Waals surface area contributed by atoms with Crippen LogP contribution in [0.5, 0.6) is 0 Å². The molecule has 39 heavy (non-hydrogen) atoms. The van der Waals surface area contributed by atoms with Crippen molar-refractivity contribution in [2.24, 2.45) is 11.8 Å². The largest absolute Gasteiger partial charge is 0.354 e. The summed E-state index contributed by atoms with van der Waals surface area (Å²) in [6, 6.07) is 14.7. The molecule has 7 nitrogen and oxygen atoms in total. The van der Waals surface area contributed by atoms with Crippen molar-refractivity contribution < 1.29 is 9.32 Å². The van der Waals surface area contributed by atoms with Gasteiger partial charge in [0, 0.05) is 44.1 Å². The van der Waals surface area contributed by atoms with Crippen molar-refractivity contribution in [2.75, 3.05) is 31.1 Å². The zero-order valence-corrected chi connectivity index (χ0v) is 23.8. The summed E-state index contributed by atoms with van der Waals surface area (Å²) in [5, 5.41) is 7.70. The smallest absolute Gasteiger partial charge is 0.263 e. The van der Waals surface area contributed by atoms with E-state index in [9.17, 15) is 4.79 Å². The van der Waals surface area contributed by atoms with Crippen LogP contribution in [0, 0.1) is 11.8 Å². The summed E-state index contributed by atoms with van der Waals surface area (Å²) in [4.78, 5) is 27.7. The van der Waals surface area contributed by atoms with Gasteiger partial charge >= 0.3 is 0 Å². The van der Waals surface area contributed by atoms with Crippen molar-refractivity contribution in [1.29, 1.82) is 0 Å². The number of fused-ring (bicyclic) bond motifs is 2. The third-order valence-corrected chi connectivity index (χ3v) is 7.83. The summed E-state index contributed by atoms with van der Waals surface area (Å²) >= 11 is 0. The van der Waals surface area contributed by atoms with Crippen LogP contribution in [-0.4, -0.2) is 52.1 Å². The van der Waals surface area contributed by atoms with Gasteiger partial charge < -0.3 is 14.3 Å². The number of anilines is 1. The normalized spacial score (nSPS) is 15.3. The minimum atomic E-state index is 0.123. The van der Waals surface area contributed by atoms with E-state index < -0.39 is 0 Å². The highest BCUT2D eigenvalue weighted by molar-refractivity contribution is 6.00. The molecule has 7 heteroatoms. The molecule has 0 radical (unpaired) electrons. The van der Waals surface area contributed by atoms with E-state index >= 15 is 0 Å². The predicted molar refractivity (Wildman–Crippen MR) is 158 cm³/mol. The van der Waals surface area contributed by atoms with Gasteiger partial charge in [0.2, 0.25) is 5.91 Å². The summed E-state index contributed by atoms with van der Waals surface area (Å²) < 4.78 is 5.85. The number of carbonyl (C=O) groups excluding carboxylic acids is 1. The summed E-state index contributed by atoms with van der Waals surface area (Å²) in [6.07, 6.45) is 5.78. The third-order valence-electron chi connectivity index (χ3n) is 7.83. The molecule has 0 N–H and O–H groups in total. The van der Waals surface area contributed by atoms with Crippen molar-refractivity contribution in [3.8, 4) is 11.3 Å². The van der Waals surface area contributed by atoms with E-state index in [1.54, 1.807) is 0 Å². The number of benzene rings is 2. The molecule has 2 aromatic carbocycles. The number of nitrogens with zero attached hydrogens (tertiary/aromatic N) is 5. The molecular weight excluding hydrogens is 486 g/mol. The van der Waals surface area contributed by atoms with Crippen LogP contribution in [0.3, 0.4) is 0 Å². The average Bonchev–Trinajstić information content (AvgIpc) is 3.21. The maximum atomic E-state index is 13.4. The maximum absolute atomic E-state index is 13.4. The first-order chi connectivity index (χ1) is 19.0. The topological polar surface area (TPSA) is 75.4 Å². The fourth-order valence-corrected chi connectivity index (χ4v) is 5.66. The second-order valence-electron chi connectivity index (χ2n) is 11.2. The van der Waals surface area contributed by atoms with Gasteiger partial charge in [0.25, 0.3) is 5.71 Å². The zero-order valence-electron chi connectivity index (χ0n) is 23.8. The summed E-state index contributed by atoms with van der Waals surface area (Å²) in [7, 11) is 0. The maximum Gasteiger partial charge on any atom is 0.263 e. The second-order valence-corrected chi connectivity index (χ2v) is 11.2. The molecule has 206 valence electrons. The second kappa shape index (κ2) is 12.1. The number of carbonyl (C=O) groups is 1. The van der Waals surface area contributed by atoms with Gasteiger partial charge in [0.15, 0.2) is 0 Å². The SMILES string of the molecule is CCCC[C@@H](CC)C(=O)N1CCCN(c2nc(CC(C)C)nc3onc(-c4ccc5ccccc5c4)c23)CC1. The van der Waals surface area contributed by atoms with E-state index in [-0.39, 0.29) is 5.92 Å².